The molecule has 7 N–H and O–H groups in total. The molecule has 1 unspecified atom stereocenters. The number of hydrogen-bond donors (Lipinski definition) is 5. The maximum Gasteiger partial charge on any atom is 0.335 e. The van der Waals surface area contributed by atoms with Gasteiger partial charge in [0.15, 0.2) is 4.02 Å². The first kappa shape index (κ1) is 51.4. The van der Waals surface area contributed by atoms with Gasteiger partial charge in [-0.1, -0.05) is 46.9 Å². The summed E-state index contributed by atoms with van der Waals surface area (Å²) in [6.45, 7) is 18.4. The van der Waals surface area contributed by atoms with Crippen LogP contribution in [0.25, 0.3) is 0 Å². The highest BCUT2D eigenvalue weighted by atomic mass is 127. The zero-order valence-electron chi connectivity index (χ0n) is 37.6. The lowest BCUT2D eigenvalue weighted by molar-refractivity contribution is -0.155. The maximum atomic E-state index is 11.7. The van der Waals surface area contributed by atoms with E-state index in [2.05, 4.69) is 32.7 Å². The van der Waals surface area contributed by atoms with Crippen molar-refractivity contribution < 1.29 is 39.4 Å². The van der Waals surface area contributed by atoms with Crippen LogP contribution in [0.4, 0.5) is 4.79 Å². The number of nitrogens with two attached hydrogens (primary N) is 2. The number of urea groups is 1. The van der Waals surface area contributed by atoms with Crippen molar-refractivity contribution in [3.8, 4) is 11.5 Å². The van der Waals surface area contributed by atoms with E-state index in [1.54, 1.807) is 86.8 Å². The molecule has 2 aromatic heterocycles. The number of amides is 2. The van der Waals surface area contributed by atoms with E-state index in [-0.39, 0.29) is 6.54 Å². The Kier molecular flexibility index (Phi) is 24.1. The summed E-state index contributed by atoms with van der Waals surface area (Å²) in [4.78, 5) is 43.1. The van der Waals surface area contributed by atoms with Gasteiger partial charge in [0.2, 0.25) is 0 Å². The number of thiazole rings is 2. The first-order valence-electron chi connectivity index (χ1n) is 20.3. The number of alkyl halides is 1. The number of halogens is 1. The molecule has 0 bridgehead atoms. The number of rotatable bonds is 15. The Morgan fingerprint density at radius 2 is 1.28 bits per heavy atom. The average molecular weight is 999 g/mol. The van der Waals surface area contributed by atoms with Crippen LogP contribution in [-0.2, 0) is 49.9 Å². The normalized spacial score (nSPS) is 13.3. The number of hydrogen-bond acceptors (Lipinski definition) is 15. The summed E-state index contributed by atoms with van der Waals surface area (Å²) in [6, 6.07) is 15.4. The van der Waals surface area contributed by atoms with Crippen LogP contribution in [0.15, 0.2) is 59.3 Å². The van der Waals surface area contributed by atoms with Gasteiger partial charge in [-0.3, -0.25) is 10.6 Å². The molecule has 61 heavy (non-hydrogen) atoms. The van der Waals surface area contributed by atoms with Gasteiger partial charge in [-0.2, -0.15) is 0 Å². The number of aryl methyl sites for hydroxylation is 2. The van der Waals surface area contributed by atoms with Crippen molar-refractivity contribution in [3.05, 3.63) is 91.8 Å². The third-order valence-corrected chi connectivity index (χ3v) is 9.83. The van der Waals surface area contributed by atoms with E-state index < -0.39 is 33.2 Å². The van der Waals surface area contributed by atoms with E-state index in [0.717, 1.165) is 58.1 Å². The van der Waals surface area contributed by atoms with Gasteiger partial charge in [0.1, 0.15) is 42.5 Å². The first-order chi connectivity index (χ1) is 29.2. The largest absolute Gasteiger partial charge is 0.487 e. The Balaban J connectivity index is 0.000000328. The van der Waals surface area contributed by atoms with E-state index in [1.165, 1.54) is 18.4 Å². The molecule has 0 aliphatic carbocycles. The van der Waals surface area contributed by atoms with Gasteiger partial charge in [-0.05, 0) is 123 Å². The number of hydrazine groups is 1. The highest BCUT2D eigenvalue weighted by Crippen LogP contribution is 2.17. The van der Waals surface area contributed by atoms with Gasteiger partial charge in [0.25, 0.3) is 0 Å². The fourth-order valence-corrected chi connectivity index (χ4v) is 6.04. The lowest BCUT2D eigenvalue weighted by atomic mass is 10.1. The standard InChI is InChI=1S/C20H27N3O4S.C13H16N2OS.C6H13IN2O2.C4H8O/c1-14-23-16(13-28-14)12-26-17-7-5-15(6-8-17)9-10-21-19(25)22-11-18(24)27-20(2,3)4;1-10-15-12(9-17-10)8-16-13-4-2-11(3-5-13)6-7-14;1-6(2,3)11-5(10)4(7)9-8;1-2-4-5-3-1/h5-8,13H,9-12H2,1-4H3,(H2,21,22,25);2-5,9H,6-8,14H2,1H3;4,9H,8H2,1-3H3;1-4H2/i;;4D;. The smallest absolute Gasteiger partial charge is 0.335 e. The molecule has 4 aromatic rings. The minimum absolute atomic E-state index is 0.159. The summed E-state index contributed by atoms with van der Waals surface area (Å²) in [5, 5.41) is 11.3. The molecule has 3 heterocycles. The van der Waals surface area contributed by atoms with Gasteiger partial charge in [-0.25, -0.2) is 25.0 Å². The monoisotopic (exact) mass is 998 g/mol. The lowest BCUT2D eigenvalue weighted by Gasteiger charge is -2.21. The zero-order chi connectivity index (χ0) is 46.2. The van der Waals surface area contributed by atoms with Gasteiger partial charge in [0, 0.05) is 30.5 Å². The third kappa shape index (κ3) is 26.2. The Morgan fingerprint density at radius 3 is 1.66 bits per heavy atom. The van der Waals surface area contributed by atoms with Crippen LogP contribution in [0.5, 0.6) is 11.5 Å². The summed E-state index contributed by atoms with van der Waals surface area (Å²) in [5.74, 6) is 5.46. The van der Waals surface area contributed by atoms with Crippen molar-refractivity contribution in [3.63, 3.8) is 0 Å². The molecular formula is C43H64IN7O8S2. The van der Waals surface area contributed by atoms with Crippen LogP contribution >= 0.6 is 45.3 Å². The molecule has 1 aliphatic rings. The summed E-state index contributed by atoms with van der Waals surface area (Å²) in [5.41, 5.74) is 10.6. The summed E-state index contributed by atoms with van der Waals surface area (Å²) in [6.07, 6.45) is 4.14. The molecular weight excluding hydrogens is 934 g/mol. The molecule has 18 heteroatoms. The van der Waals surface area contributed by atoms with Crippen LogP contribution in [0.1, 0.15) is 88.3 Å². The van der Waals surface area contributed by atoms with Gasteiger partial charge < -0.3 is 40.1 Å². The Hall–Kier alpha value is -3.92. The van der Waals surface area contributed by atoms with E-state index in [0.29, 0.717) is 32.7 Å². The van der Waals surface area contributed by atoms with Crippen molar-refractivity contribution in [1.82, 2.24) is 26.0 Å². The highest BCUT2D eigenvalue weighted by molar-refractivity contribution is 14.1. The molecule has 1 saturated heterocycles. The van der Waals surface area contributed by atoms with Crippen molar-refractivity contribution in [2.45, 2.75) is 110 Å². The Labute approximate surface area is 383 Å². The van der Waals surface area contributed by atoms with Gasteiger partial charge in [-0.15, -0.1) is 22.7 Å². The molecule has 1 fully saturated rings. The minimum atomic E-state index is -1.61. The molecule has 1 aliphatic heterocycles. The van der Waals surface area contributed by atoms with Gasteiger partial charge >= 0.3 is 18.0 Å². The topological polar surface area (TPSA) is 211 Å². The molecule has 0 spiro atoms. The summed E-state index contributed by atoms with van der Waals surface area (Å²) in [7, 11) is 0. The highest BCUT2D eigenvalue weighted by Gasteiger charge is 2.21. The molecule has 15 nitrogen and oxygen atoms in total. The number of nitrogens with one attached hydrogen (secondary N) is 3. The summed E-state index contributed by atoms with van der Waals surface area (Å²) >= 11 is 4.81. The number of esters is 2. The van der Waals surface area contributed by atoms with Crippen LogP contribution in [0.2, 0.25) is 0 Å². The number of benzene rings is 2. The maximum absolute atomic E-state index is 11.7. The van der Waals surface area contributed by atoms with Crippen LogP contribution in [0.3, 0.4) is 0 Å². The van der Waals surface area contributed by atoms with E-state index in [9.17, 15) is 14.4 Å². The van der Waals surface area contributed by atoms with E-state index >= 15 is 0 Å². The zero-order valence-corrected chi connectivity index (χ0v) is 40.4. The predicted octanol–water partition coefficient (Wildman–Crippen LogP) is 7.09. The van der Waals surface area contributed by atoms with Crippen molar-refractivity contribution >= 4 is 63.2 Å². The predicted molar refractivity (Wildman–Crippen MR) is 250 cm³/mol. The van der Waals surface area contributed by atoms with E-state index in [1.807, 2.05) is 66.4 Å². The van der Waals surface area contributed by atoms with E-state index in [4.69, 9.17) is 36.6 Å². The number of carbonyl (C=O) groups excluding carboxylic acids is 3. The second-order valence-electron chi connectivity index (χ2n) is 15.3. The fraction of sp³-hybridized carbons (Fsp3) is 0.512. The van der Waals surface area contributed by atoms with Crippen molar-refractivity contribution in [2.24, 2.45) is 11.6 Å². The number of aromatic nitrogens is 2. The molecule has 0 radical (unpaired) electrons. The van der Waals surface area contributed by atoms with Crippen LogP contribution in [-0.4, -0.2) is 76.0 Å². The number of ether oxygens (including phenoxy) is 5. The number of nitrogens with zero attached hydrogens (tertiary/aromatic N) is 2. The second kappa shape index (κ2) is 28.6. The molecule has 1 atom stereocenters. The molecule has 0 saturated carbocycles. The van der Waals surface area contributed by atoms with Crippen molar-refractivity contribution in [1.29, 1.82) is 0 Å². The SMILES string of the molecule is C1CCOC1.Cc1nc(COc2ccc(CCN)cc2)cs1.Cc1nc(COc2ccc(CCNC(=O)NCC(=O)OC(C)(C)C)cc2)cs1.[2H]C(I)(NN)C(=O)OC(C)(C)C. The minimum Gasteiger partial charge on any atom is -0.487 e. The number of carbonyl (C=O) groups is 3. The average Bonchev–Trinajstić information content (AvgIpc) is 4.01. The Morgan fingerprint density at radius 1 is 0.803 bits per heavy atom. The molecule has 338 valence electrons. The second-order valence-corrected chi connectivity index (χ2v) is 18.5. The quantitative estimate of drug-likeness (QED) is 0.0201. The fourth-order valence-electron chi connectivity index (χ4n) is 4.74. The van der Waals surface area contributed by atoms with Crippen LogP contribution in [0, 0.1) is 13.8 Å². The molecule has 2 aromatic carbocycles. The summed E-state index contributed by atoms with van der Waals surface area (Å²) < 4.78 is 32.1. The molecule has 2 amide bonds. The van der Waals surface area contributed by atoms with Crippen molar-refractivity contribution in [2.75, 3.05) is 32.8 Å². The lowest BCUT2D eigenvalue weighted by Crippen LogP contribution is -2.41. The van der Waals surface area contributed by atoms with Gasteiger partial charge in [0.05, 0.1) is 22.8 Å². The molecule has 5 rings (SSSR count). The first-order valence-corrected chi connectivity index (χ1v) is 22.7. The third-order valence-electron chi connectivity index (χ3n) is 7.43. The van der Waals surface area contributed by atoms with Crippen LogP contribution < -0.4 is 37.1 Å². The Bertz CT molecular complexity index is 1890.